The quantitative estimate of drug-likeness (QED) is 0.712. The SMILES string of the molecule is COCCCNC(=O)Nc1ccc2nc(NC(C)=O)sc2c1. The van der Waals surface area contributed by atoms with Gasteiger partial charge in [-0.05, 0) is 24.6 Å². The Morgan fingerprint density at radius 3 is 2.86 bits per heavy atom. The number of nitrogens with zero attached hydrogens (tertiary/aromatic N) is 1. The summed E-state index contributed by atoms with van der Waals surface area (Å²) in [6.45, 7) is 2.60. The highest BCUT2D eigenvalue weighted by atomic mass is 32.1. The van der Waals surface area contributed by atoms with Crippen LogP contribution in [0.15, 0.2) is 18.2 Å². The van der Waals surface area contributed by atoms with Gasteiger partial charge in [0.25, 0.3) is 0 Å². The summed E-state index contributed by atoms with van der Waals surface area (Å²) < 4.78 is 5.80. The summed E-state index contributed by atoms with van der Waals surface area (Å²) in [4.78, 5) is 27.0. The topological polar surface area (TPSA) is 92.3 Å². The fraction of sp³-hybridized carbons (Fsp3) is 0.357. The molecule has 8 heteroatoms. The molecule has 0 spiro atoms. The number of rotatable bonds is 6. The summed E-state index contributed by atoms with van der Waals surface area (Å²) in [5, 5.41) is 8.70. The van der Waals surface area contributed by atoms with Gasteiger partial charge >= 0.3 is 6.03 Å². The number of hydrogen-bond acceptors (Lipinski definition) is 5. The van der Waals surface area contributed by atoms with Crippen molar-refractivity contribution < 1.29 is 14.3 Å². The molecule has 22 heavy (non-hydrogen) atoms. The first-order valence-corrected chi connectivity index (χ1v) is 7.62. The lowest BCUT2D eigenvalue weighted by Crippen LogP contribution is -2.29. The van der Waals surface area contributed by atoms with E-state index >= 15 is 0 Å². The minimum atomic E-state index is -0.262. The van der Waals surface area contributed by atoms with Crippen LogP contribution in [0, 0.1) is 0 Å². The maximum absolute atomic E-state index is 11.7. The average molecular weight is 322 g/mol. The second kappa shape index (κ2) is 7.71. The van der Waals surface area contributed by atoms with Gasteiger partial charge in [0.15, 0.2) is 5.13 Å². The molecule has 1 aromatic heterocycles. The number of fused-ring (bicyclic) bond motifs is 1. The molecule has 0 bridgehead atoms. The van der Waals surface area contributed by atoms with Crippen LogP contribution in [0.25, 0.3) is 10.2 Å². The van der Waals surface area contributed by atoms with Gasteiger partial charge in [0.1, 0.15) is 0 Å². The van der Waals surface area contributed by atoms with E-state index in [0.717, 1.165) is 16.6 Å². The van der Waals surface area contributed by atoms with Crippen molar-refractivity contribution in [2.45, 2.75) is 13.3 Å². The molecule has 0 atom stereocenters. The predicted octanol–water partition coefficient (Wildman–Crippen LogP) is 2.41. The zero-order chi connectivity index (χ0) is 15.9. The van der Waals surface area contributed by atoms with Crippen LogP contribution < -0.4 is 16.0 Å². The molecular weight excluding hydrogens is 304 g/mol. The highest BCUT2D eigenvalue weighted by Gasteiger charge is 2.07. The number of carbonyl (C=O) groups is 2. The van der Waals surface area contributed by atoms with E-state index in [1.165, 1.54) is 18.3 Å². The van der Waals surface area contributed by atoms with Crippen molar-refractivity contribution in [1.82, 2.24) is 10.3 Å². The van der Waals surface area contributed by atoms with Crippen LogP contribution in [0.3, 0.4) is 0 Å². The van der Waals surface area contributed by atoms with Gasteiger partial charge in [-0.1, -0.05) is 11.3 Å². The number of anilines is 2. The molecule has 0 unspecified atom stereocenters. The molecule has 0 radical (unpaired) electrons. The Bertz CT molecular complexity index is 671. The Hall–Kier alpha value is -2.19. The molecule has 1 aromatic carbocycles. The molecule has 118 valence electrons. The van der Waals surface area contributed by atoms with Crippen LogP contribution in [0.4, 0.5) is 15.6 Å². The first-order chi connectivity index (χ1) is 10.6. The molecule has 0 fully saturated rings. The number of ether oxygens (including phenoxy) is 1. The minimum absolute atomic E-state index is 0.159. The van der Waals surface area contributed by atoms with E-state index in [1.807, 2.05) is 6.07 Å². The van der Waals surface area contributed by atoms with Gasteiger partial charge in [-0.25, -0.2) is 9.78 Å². The fourth-order valence-corrected chi connectivity index (χ4v) is 2.75. The van der Waals surface area contributed by atoms with Crippen molar-refractivity contribution >= 4 is 44.3 Å². The Balaban J connectivity index is 1.97. The van der Waals surface area contributed by atoms with Crippen molar-refractivity contribution in [3.05, 3.63) is 18.2 Å². The van der Waals surface area contributed by atoms with Crippen LogP contribution >= 0.6 is 11.3 Å². The third kappa shape index (κ3) is 4.68. The number of nitrogens with one attached hydrogen (secondary N) is 3. The largest absolute Gasteiger partial charge is 0.385 e. The molecule has 3 N–H and O–H groups in total. The molecule has 1 heterocycles. The number of thiazole rings is 1. The average Bonchev–Trinajstić information content (AvgIpc) is 2.84. The summed E-state index contributed by atoms with van der Waals surface area (Å²) in [6, 6.07) is 5.14. The fourth-order valence-electron chi connectivity index (χ4n) is 1.80. The van der Waals surface area contributed by atoms with Gasteiger partial charge in [-0.15, -0.1) is 0 Å². The Morgan fingerprint density at radius 2 is 2.14 bits per heavy atom. The standard InChI is InChI=1S/C14H18N4O3S/c1-9(19)16-14-18-11-5-4-10(8-12(11)22-14)17-13(20)15-6-3-7-21-2/h4-5,8H,3,6-7H2,1-2H3,(H2,15,17,20)(H,16,18,19). The van der Waals surface area contributed by atoms with E-state index in [0.29, 0.717) is 24.0 Å². The molecule has 3 amide bonds. The lowest BCUT2D eigenvalue weighted by atomic mass is 10.3. The van der Waals surface area contributed by atoms with E-state index in [-0.39, 0.29) is 11.9 Å². The summed E-state index contributed by atoms with van der Waals surface area (Å²) in [6.07, 6.45) is 0.762. The van der Waals surface area contributed by atoms with Crippen molar-refractivity contribution in [2.24, 2.45) is 0 Å². The molecule has 0 saturated heterocycles. The van der Waals surface area contributed by atoms with E-state index < -0.39 is 0 Å². The molecule has 0 aliphatic heterocycles. The molecule has 7 nitrogen and oxygen atoms in total. The van der Waals surface area contributed by atoms with Crippen LogP contribution in [0.1, 0.15) is 13.3 Å². The number of urea groups is 1. The molecule has 0 aliphatic rings. The first-order valence-electron chi connectivity index (χ1n) is 6.80. The van der Waals surface area contributed by atoms with Gasteiger partial charge in [0, 0.05) is 32.9 Å². The summed E-state index contributed by atoms with van der Waals surface area (Å²) in [5.74, 6) is -0.159. The Labute approximate surface area is 132 Å². The van der Waals surface area contributed by atoms with Crippen molar-refractivity contribution in [1.29, 1.82) is 0 Å². The van der Waals surface area contributed by atoms with Gasteiger partial charge in [-0.2, -0.15) is 0 Å². The second-order valence-electron chi connectivity index (χ2n) is 4.61. The zero-order valence-electron chi connectivity index (χ0n) is 12.4. The van der Waals surface area contributed by atoms with Gasteiger partial charge in [-0.3, -0.25) is 4.79 Å². The normalized spacial score (nSPS) is 10.5. The monoisotopic (exact) mass is 322 g/mol. The summed E-state index contributed by atoms with van der Waals surface area (Å²) >= 11 is 1.36. The smallest absolute Gasteiger partial charge is 0.319 e. The summed E-state index contributed by atoms with van der Waals surface area (Å²) in [7, 11) is 1.62. The molecule has 0 saturated carbocycles. The van der Waals surface area contributed by atoms with Gasteiger partial charge in [0.05, 0.1) is 10.2 Å². The predicted molar refractivity (Wildman–Crippen MR) is 87.4 cm³/mol. The van der Waals surface area contributed by atoms with Gasteiger partial charge in [0.2, 0.25) is 5.91 Å². The number of methoxy groups -OCH3 is 1. The molecule has 2 aromatic rings. The first kappa shape index (κ1) is 16.2. The third-order valence-corrected chi connectivity index (χ3v) is 3.67. The molecular formula is C14H18N4O3S. The third-order valence-electron chi connectivity index (χ3n) is 2.74. The Kier molecular flexibility index (Phi) is 5.68. The lowest BCUT2D eigenvalue weighted by molar-refractivity contribution is -0.114. The van der Waals surface area contributed by atoms with E-state index in [9.17, 15) is 9.59 Å². The van der Waals surface area contributed by atoms with E-state index in [2.05, 4.69) is 20.9 Å². The highest BCUT2D eigenvalue weighted by Crippen LogP contribution is 2.28. The number of amides is 3. The van der Waals surface area contributed by atoms with E-state index in [4.69, 9.17) is 4.74 Å². The summed E-state index contributed by atoms with van der Waals surface area (Å²) in [5.41, 5.74) is 1.45. The van der Waals surface area contributed by atoms with Crippen LogP contribution in [-0.2, 0) is 9.53 Å². The maximum Gasteiger partial charge on any atom is 0.319 e. The van der Waals surface area contributed by atoms with Crippen molar-refractivity contribution in [2.75, 3.05) is 30.9 Å². The zero-order valence-corrected chi connectivity index (χ0v) is 13.3. The number of hydrogen-bond donors (Lipinski definition) is 3. The molecule has 0 aliphatic carbocycles. The van der Waals surface area contributed by atoms with Crippen molar-refractivity contribution in [3.63, 3.8) is 0 Å². The van der Waals surface area contributed by atoms with Gasteiger partial charge < -0.3 is 20.7 Å². The van der Waals surface area contributed by atoms with E-state index in [1.54, 1.807) is 19.2 Å². The Morgan fingerprint density at radius 1 is 1.32 bits per heavy atom. The van der Waals surface area contributed by atoms with Crippen molar-refractivity contribution in [3.8, 4) is 0 Å². The second-order valence-corrected chi connectivity index (χ2v) is 5.64. The highest BCUT2D eigenvalue weighted by molar-refractivity contribution is 7.22. The van der Waals surface area contributed by atoms with Crippen LogP contribution in [-0.4, -0.2) is 37.2 Å². The lowest BCUT2D eigenvalue weighted by Gasteiger charge is -2.07. The number of aromatic nitrogens is 1. The van der Waals surface area contributed by atoms with Crippen LogP contribution in [0.2, 0.25) is 0 Å². The minimum Gasteiger partial charge on any atom is -0.385 e. The number of carbonyl (C=O) groups excluding carboxylic acids is 2. The molecule has 2 rings (SSSR count). The maximum atomic E-state index is 11.7. The van der Waals surface area contributed by atoms with Crippen LogP contribution in [0.5, 0.6) is 0 Å². The number of benzene rings is 1.